The van der Waals surface area contributed by atoms with Crippen LogP contribution in [0.5, 0.6) is 0 Å². The molecule has 3 atom stereocenters. The highest BCUT2D eigenvalue weighted by Crippen LogP contribution is 2.33. The molecule has 1 heterocycles. The Morgan fingerprint density at radius 1 is 1.50 bits per heavy atom. The molecule has 3 N–H and O–H groups in total. The lowest BCUT2D eigenvalue weighted by Crippen LogP contribution is -2.32. The molecular weight excluding hydrogens is 236 g/mol. The van der Waals surface area contributed by atoms with E-state index >= 15 is 0 Å². The molecule has 6 heteroatoms. The summed E-state index contributed by atoms with van der Waals surface area (Å²) in [5.41, 5.74) is -0.651. The quantitative estimate of drug-likeness (QED) is 0.674. The third-order valence-corrected chi connectivity index (χ3v) is 3.48. The minimum absolute atomic E-state index is 0.107. The molecule has 1 aromatic heterocycles. The zero-order valence-electron chi connectivity index (χ0n) is 9.87. The van der Waals surface area contributed by atoms with Crippen LogP contribution in [0.2, 0.25) is 0 Å². The fourth-order valence-electron chi connectivity index (χ4n) is 2.41. The monoisotopic (exact) mass is 252 g/mol. The Morgan fingerprint density at radius 2 is 2.22 bits per heavy atom. The van der Waals surface area contributed by atoms with E-state index in [0.717, 1.165) is 0 Å². The van der Waals surface area contributed by atoms with E-state index in [9.17, 15) is 14.7 Å². The summed E-state index contributed by atoms with van der Waals surface area (Å²) in [6, 6.07) is -0.208. The molecule has 0 saturated heterocycles. The molecule has 1 aromatic rings. The van der Waals surface area contributed by atoms with Crippen molar-refractivity contribution in [2.75, 3.05) is 6.61 Å². The van der Waals surface area contributed by atoms with Gasteiger partial charge in [-0.3, -0.25) is 14.3 Å². The maximum atomic E-state index is 11.7. The van der Waals surface area contributed by atoms with Crippen molar-refractivity contribution in [3.8, 4) is 0 Å². The van der Waals surface area contributed by atoms with Crippen molar-refractivity contribution >= 4 is 6.08 Å². The van der Waals surface area contributed by atoms with Gasteiger partial charge in [-0.2, -0.15) is 0 Å². The number of rotatable bonds is 3. The van der Waals surface area contributed by atoms with Crippen molar-refractivity contribution in [3.63, 3.8) is 0 Å². The van der Waals surface area contributed by atoms with E-state index in [0.29, 0.717) is 18.4 Å². The minimum atomic E-state index is -0.619. The molecule has 0 aromatic carbocycles. The number of aromatic amines is 1. The maximum absolute atomic E-state index is 11.7. The van der Waals surface area contributed by atoms with Crippen LogP contribution in [0.3, 0.4) is 0 Å². The zero-order valence-corrected chi connectivity index (χ0v) is 9.87. The van der Waals surface area contributed by atoms with E-state index in [2.05, 4.69) is 11.6 Å². The second kappa shape index (κ2) is 4.91. The van der Waals surface area contributed by atoms with E-state index in [1.54, 1.807) is 0 Å². The van der Waals surface area contributed by atoms with Crippen LogP contribution in [-0.2, 0) is 0 Å². The molecule has 1 aliphatic rings. The first-order valence-corrected chi connectivity index (χ1v) is 5.83. The van der Waals surface area contributed by atoms with E-state index < -0.39 is 17.4 Å². The summed E-state index contributed by atoms with van der Waals surface area (Å²) < 4.78 is 1.40. The van der Waals surface area contributed by atoms with Crippen LogP contribution < -0.4 is 11.2 Å². The maximum Gasteiger partial charge on any atom is 0.328 e. The summed E-state index contributed by atoms with van der Waals surface area (Å²) in [6.45, 7) is 3.40. The SMILES string of the molecule is C=Cc1cn(C2CC(O)C(CO)C2)c(=O)[nH]c1=O. The lowest BCUT2D eigenvalue weighted by atomic mass is 10.1. The average molecular weight is 252 g/mol. The summed E-state index contributed by atoms with van der Waals surface area (Å²) in [4.78, 5) is 25.3. The number of aliphatic hydroxyl groups is 2. The first kappa shape index (κ1) is 12.8. The number of H-pyrrole nitrogens is 1. The Labute approximate surface area is 103 Å². The van der Waals surface area contributed by atoms with Gasteiger partial charge in [-0.25, -0.2) is 4.79 Å². The van der Waals surface area contributed by atoms with Crippen LogP contribution in [0.25, 0.3) is 6.08 Å². The van der Waals surface area contributed by atoms with Gasteiger partial charge in [0.15, 0.2) is 0 Å². The Morgan fingerprint density at radius 3 is 2.78 bits per heavy atom. The smallest absolute Gasteiger partial charge is 0.328 e. The van der Waals surface area contributed by atoms with Gasteiger partial charge in [0.1, 0.15) is 0 Å². The molecule has 2 rings (SSSR count). The molecule has 0 aliphatic heterocycles. The van der Waals surface area contributed by atoms with Gasteiger partial charge >= 0.3 is 5.69 Å². The number of hydrogen-bond acceptors (Lipinski definition) is 4. The van der Waals surface area contributed by atoms with Gasteiger partial charge in [0, 0.05) is 24.8 Å². The summed E-state index contributed by atoms with van der Waals surface area (Å²) >= 11 is 0. The predicted octanol–water partition coefficient (Wildman–Crippen LogP) is -0.516. The van der Waals surface area contributed by atoms with Crippen LogP contribution in [0.4, 0.5) is 0 Å². The van der Waals surface area contributed by atoms with Gasteiger partial charge in [-0.05, 0) is 12.8 Å². The molecule has 0 spiro atoms. The largest absolute Gasteiger partial charge is 0.396 e. The highest BCUT2D eigenvalue weighted by Gasteiger charge is 2.34. The van der Waals surface area contributed by atoms with Crippen molar-refractivity contribution in [1.29, 1.82) is 0 Å². The summed E-state index contributed by atoms with van der Waals surface area (Å²) in [5, 5.41) is 18.8. The standard InChI is InChI=1S/C12H16N2O4/c1-2-7-5-14(12(18)13-11(7)17)9-3-8(6-15)10(16)4-9/h2,5,8-10,15-16H,1,3-4,6H2,(H,13,17,18). The van der Waals surface area contributed by atoms with Crippen LogP contribution in [-0.4, -0.2) is 32.5 Å². The van der Waals surface area contributed by atoms with Crippen LogP contribution in [0.1, 0.15) is 24.4 Å². The first-order valence-electron chi connectivity index (χ1n) is 5.83. The summed E-state index contributed by atoms with van der Waals surface area (Å²) in [6.07, 6.45) is 3.12. The molecule has 18 heavy (non-hydrogen) atoms. The molecule has 0 radical (unpaired) electrons. The molecule has 1 saturated carbocycles. The van der Waals surface area contributed by atoms with Crippen molar-refractivity contribution in [2.24, 2.45) is 5.92 Å². The fraction of sp³-hybridized carbons (Fsp3) is 0.500. The van der Waals surface area contributed by atoms with Gasteiger partial charge in [0.2, 0.25) is 0 Å². The van der Waals surface area contributed by atoms with E-state index in [4.69, 9.17) is 5.11 Å². The van der Waals surface area contributed by atoms with Crippen LogP contribution >= 0.6 is 0 Å². The Bertz CT molecular complexity index is 560. The topological polar surface area (TPSA) is 95.3 Å². The van der Waals surface area contributed by atoms with Crippen LogP contribution in [0, 0.1) is 5.92 Å². The lowest BCUT2D eigenvalue weighted by Gasteiger charge is -2.13. The molecule has 3 unspecified atom stereocenters. The van der Waals surface area contributed by atoms with E-state index in [1.165, 1.54) is 16.8 Å². The molecule has 98 valence electrons. The van der Waals surface area contributed by atoms with E-state index in [-0.39, 0.29) is 18.6 Å². The third-order valence-electron chi connectivity index (χ3n) is 3.48. The Kier molecular flexibility index (Phi) is 3.49. The summed E-state index contributed by atoms with van der Waals surface area (Å²) in [5.74, 6) is -0.221. The molecule has 0 amide bonds. The lowest BCUT2D eigenvalue weighted by molar-refractivity contribution is 0.0906. The van der Waals surface area contributed by atoms with Gasteiger partial charge in [0.05, 0.1) is 11.7 Å². The first-order chi connectivity index (χ1) is 8.56. The van der Waals surface area contributed by atoms with Gasteiger partial charge < -0.3 is 10.2 Å². The van der Waals surface area contributed by atoms with Crippen molar-refractivity contribution in [3.05, 3.63) is 39.2 Å². The molecular formula is C12H16N2O4. The van der Waals surface area contributed by atoms with Crippen molar-refractivity contribution in [2.45, 2.75) is 25.0 Å². The third kappa shape index (κ3) is 2.16. The van der Waals surface area contributed by atoms with Gasteiger partial charge in [0.25, 0.3) is 5.56 Å². The number of hydrogen-bond donors (Lipinski definition) is 3. The van der Waals surface area contributed by atoms with Crippen molar-refractivity contribution in [1.82, 2.24) is 9.55 Å². The molecule has 1 fully saturated rings. The normalized spacial score (nSPS) is 27.3. The Hall–Kier alpha value is -1.66. The van der Waals surface area contributed by atoms with E-state index in [1.807, 2.05) is 0 Å². The number of aliphatic hydroxyl groups excluding tert-OH is 2. The highest BCUT2D eigenvalue weighted by molar-refractivity contribution is 5.43. The predicted molar refractivity (Wildman–Crippen MR) is 66.3 cm³/mol. The Balaban J connectivity index is 2.38. The molecule has 0 bridgehead atoms. The highest BCUT2D eigenvalue weighted by atomic mass is 16.3. The van der Waals surface area contributed by atoms with Gasteiger partial charge in [-0.15, -0.1) is 0 Å². The average Bonchev–Trinajstić information content (AvgIpc) is 2.70. The second-order valence-electron chi connectivity index (χ2n) is 4.59. The fourth-order valence-corrected chi connectivity index (χ4v) is 2.41. The zero-order chi connectivity index (χ0) is 13.3. The molecule has 6 nitrogen and oxygen atoms in total. The number of nitrogens with one attached hydrogen (secondary N) is 1. The number of nitrogens with zero attached hydrogens (tertiary/aromatic N) is 1. The molecule has 1 aliphatic carbocycles. The number of aromatic nitrogens is 2. The van der Waals surface area contributed by atoms with Gasteiger partial charge in [-0.1, -0.05) is 12.7 Å². The summed E-state index contributed by atoms with van der Waals surface area (Å²) in [7, 11) is 0. The minimum Gasteiger partial charge on any atom is -0.396 e. The second-order valence-corrected chi connectivity index (χ2v) is 4.59. The van der Waals surface area contributed by atoms with Crippen molar-refractivity contribution < 1.29 is 10.2 Å². The van der Waals surface area contributed by atoms with Crippen LogP contribution in [0.15, 0.2) is 22.4 Å².